The van der Waals surface area contributed by atoms with Crippen LogP contribution in [0.1, 0.15) is 57.8 Å². The molecule has 0 bridgehead atoms. The molecule has 114 valence electrons. The summed E-state index contributed by atoms with van der Waals surface area (Å²) < 4.78 is 5.78. The highest BCUT2D eigenvalue weighted by Gasteiger charge is 2.37. The fourth-order valence-corrected chi connectivity index (χ4v) is 4.10. The summed E-state index contributed by atoms with van der Waals surface area (Å²) in [4.78, 5) is 12.2. The summed E-state index contributed by atoms with van der Waals surface area (Å²) in [7, 11) is 0. The third kappa shape index (κ3) is 3.53. The molecule has 3 atom stereocenters. The zero-order chi connectivity index (χ0) is 13.8. The van der Waals surface area contributed by atoms with Gasteiger partial charge in [0.2, 0.25) is 5.91 Å². The van der Waals surface area contributed by atoms with Crippen LogP contribution in [0.25, 0.3) is 0 Å². The molecule has 0 spiro atoms. The molecule has 4 nitrogen and oxygen atoms in total. The first-order chi connectivity index (χ1) is 9.83. The molecule has 1 heterocycles. The molecular formula is C16H28N2O2. The maximum absolute atomic E-state index is 12.2. The SMILES string of the molecule is O=C(NCCOC1CCCC1)C1CC2CCCCC2N1. The lowest BCUT2D eigenvalue weighted by Crippen LogP contribution is -2.44. The molecule has 3 unspecified atom stereocenters. The van der Waals surface area contributed by atoms with E-state index >= 15 is 0 Å². The van der Waals surface area contributed by atoms with E-state index in [9.17, 15) is 4.79 Å². The van der Waals surface area contributed by atoms with E-state index in [-0.39, 0.29) is 11.9 Å². The number of rotatable bonds is 5. The summed E-state index contributed by atoms with van der Waals surface area (Å²) in [6, 6.07) is 0.629. The second-order valence-electron chi connectivity index (χ2n) is 6.67. The molecule has 2 aliphatic carbocycles. The third-order valence-corrected chi connectivity index (χ3v) is 5.24. The van der Waals surface area contributed by atoms with Crippen LogP contribution in [0.4, 0.5) is 0 Å². The van der Waals surface area contributed by atoms with E-state index in [0.717, 1.165) is 12.3 Å². The van der Waals surface area contributed by atoms with E-state index in [1.165, 1.54) is 51.4 Å². The molecule has 1 saturated heterocycles. The second-order valence-corrected chi connectivity index (χ2v) is 6.67. The van der Waals surface area contributed by atoms with Crippen molar-refractivity contribution >= 4 is 5.91 Å². The number of carbonyl (C=O) groups excluding carboxylic acids is 1. The number of nitrogens with one attached hydrogen (secondary N) is 2. The van der Waals surface area contributed by atoms with Gasteiger partial charge in [0, 0.05) is 12.6 Å². The molecule has 2 N–H and O–H groups in total. The summed E-state index contributed by atoms with van der Waals surface area (Å²) in [6.07, 6.45) is 11.7. The van der Waals surface area contributed by atoms with Gasteiger partial charge in [0.25, 0.3) is 0 Å². The largest absolute Gasteiger partial charge is 0.376 e. The molecule has 3 fully saturated rings. The zero-order valence-electron chi connectivity index (χ0n) is 12.4. The van der Waals surface area contributed by atoms with Crippen LogP contribution in [0.3, 0.4) is 0 Å². The number of ether oxygens (including phenoxy) is 1. The Morgan fingerprint density at radius 1 is 1.10 bits per heavy atom. The number of hydrogen-bond donors (Lipinski definition) is 2. The lowest BCUT2D eigenvalue weighted by molar-refractivity contribution is -0.123. The van der Waals surface area contributed by atoms with E-state index < -0.39 is 0 Å². The van der Waals surface area contributed by atoms with E-state index in [0.29, 0.717) is 25.3 Å². The predicted octanol–water partition coefficient (Wildman–Crippen LogP) is 1.98. The smallest absolute Gasteiger partial charge is 0.237 e. The molecule has 0 aromatic heterocycles. The van der Waals surface area contributed by atoms with Crippen molar-refractivity contribution in [2.75, 3.05) is 13.2 Å². The van der Waals surface area contributed by atoms with Crippen molar-refractivity contribution < 1.29 is 9.53 Å². The van der Waals surface area contributed by atoms with Crippen LogP contribution in [-0.2, 0) is 9.53 Å². The Morgan fingerprint density at radius 2 is 1.85 bits per heavy atom. The van der Waals surface area contributed by atoms with Gasteiger partial charge in [0.1, 0.15) is 0 Å². The van der Waals surface area contributed by atoms with Crippen LogP contribution >= 0.6 is 0 Å². The van der Waals surface area contributed by atoms with Crippen LogP contribution in [0, 0.1) is 5.92 Å². The first kappa shape index (κ1) is 14.3. The Labute approximate surface area is 122 Å². The molecule has 2 saturated carbocycles. The van der Waals surface area contributed by atoms with Gasteiger partial charge in [0.05, 0.1) is 18.8 Å². The summed E-state index contributed by atoms with van der Waals surface area (Å²) in [6.45, 7) is 1.32. The summed E-state index contributed by atoms with van der Waals surface area (Å²) in [5.41, 5.74) is 0. The Kier molecular flexibility index (Phi) is 4.94. The molecule has 3 aliphatic rings. The molecule has 1 amide bonds. The van der Waals surface area contributed by atoms with Gasteiger partial charge in [-0.25, -0.2) is 0 Å². The summed E-state index contributed by atoms with van der Waals surface area (Å²) in [5.74, 6) is 0.906. The Bertz CT molecular complexity index is 314. The average molecular weight is 280 g/mol. The normalized spacial score (nSPS) is 34.1. The van der Waals surface area contributed by atoms with Crippen molar-refractivity contribution in [3.05, 3.63) is 0 Å². The first-order valence-corrected chi connectivity index (χ1v) is 8.48. The standard InChI is InChI=1S/C16H28N2O2/c19-16(17-9-10-20-13-6-2-3-7-13)15-11-12-5-1-4-8-14(12)18-15/h12-15,18H,1-11H2,(H,17,19). The lowest BCUT2D eigenvalue weighted by Gasteiger charge is -2.24. The van der Waals surface area contributed by atoms with Crippen LogP contribution in [0.2, 0.25) is 0 Å². The minimum absolute atomic E-state index is 0.0366. The van der Waals surface area contributed by atoms with Gasteiger partial charge in [0.15, 0.2) is 0 Å². The summed E-state index contributed by atoms with van der Waals surface area (Å²) >= 11 is 0. The molecule has 0 radical (unpaired) electrons. The maximum atomic E-state index is 12.2. The highest BCUT2D eigenvalue weighted by molar-refractivity contribution is 5.82. The van der Waals surface area contributed by atoms with Gasteiger partial charge in [-0.3, -0.25) is 4.79 Å². The van der Waals surface area contributed by atoms with E-state index in [1.807, 2.05) is 0 Å². The lowest BCUT2D eigenvalue weighted by atomic mass is 9.85. The van der Waals surface area contributed by atoms with Crippen LogP contribution < -0.4 is 10.6 Å². The van der Waals surface area contributed by atoms with E-state index in [4.69, 9.17) is 4.74 Å². The predicted molar refractivity (Wildman–Crippen MR) is 78.5 cm³/mol. The molecule has 0 aromatic rings. The quantitative estimate of drug-likeness (QED) is 0.757. The van der Waals surface area contributed by atoms with E-state index in [2.05, 4.69) is 10.6 Å². The minimum Gasteiger partial charge on any atom is -0.376 e. The molecule has 0 aromatic carbocycles. The molecule has 4 heteroatoms. The number of hydrogen-bond acceptors (Lipinski definition) is 3. The van der Waals surface area contributed by atoms with Crippen molar-refractivity contribution in [2.24, 2.45) is 5.92 Å². The van der Waals surface area contributed by atoms with Gasteiger partial charge >= 0.3 is 0 Å². The van der Waals surface area contributed by atoms with Crippen LogP contribution in [0.15, 0.2) is 0 Å². The Balaban J connectivity index is 1.32. The molecule has 1 aliphatic heterocycles. The highest BCUT2D eigenvalue weighted by atomic mass is 16.5. The van der Waals surface area contributed by atoms with Gasteiger partial charge in [-0.15, -0.1) is 0 Å². The Hall–Kier alpha value is -0.610. The number of amides is 1. The van der Waals surface area contributed by atoms with Crippen molar-refractivity contribution in [1.82, 2.24) is 10.6 Å². The Morgan fingerprint density at radius 3 is 2.65 bits per heavy atom. The van der Waals surface area contributed by atoms with Crippen molar-refractivity contribution in [1.29, 1.82) is 0 Å². The number of carbonyl (C=O) groups is 1. The van der Waals surface area contributed by atoms with Crippen molar-refractivity contribution in [3.8, 4) is 0 Å². The fraction of sp³-hybridized carbons (Fsp3) is 0.938. The average Bonchev–Trinajstić information content (AvgIpc) is 3.12. The maximum Gasteiger partial charge on any atom is 0.237 e. The van der Waals surface area contributed by atoms with Crippen molar-refractivity contribution in [3.63, 3.8) is 0 Å². The van der Waals surface area contributed by atoms with Crippen LogP contribution in [-0.4, -0.2) is 37.2 Å². The molecule has 3 rings (SSSR count). The fourth-order valence-electron chi connectivity index (χ4n) is 4.10. The van der Waals surface area contributed by atoms with Crippen molar-refractivity contribution in [2.45, 2.75) is 76.0 Å². The third-order valence-electron chi connectivity index (χ3n) is 5.24. The summed E-state index contributed by atoms with van der Waals surface area (Å²) in [5, 5.41) is 6.55. The monoisotopic (exact) mass is 280 g/mol. The van der Waals surface area contributed by atoms with Gasteiger partial charge in [-0.05, 0) is 38.0 Å². The van der Waals surface area contributed by atoms with Crippen LogP contribution in [0.5, 0.6) is 0 Å². The molecular weight excluding hydrogens is 252 g/mol. The molecule has 20 heavy (non-hydrogen) atoms. The van der Waals surface area contributed by atoms with Gasteiger partial charge < -0.3 is 15.4 Å². The van der Waals surface area contributed by atoms with Gasteiger partial charge in [-0.2, -0.15) is 0 Å². The minimum atomic E-state index is 0.0366. The first-order valence-electron chi connectivity index (χ1n) is 8.48. The highest BCUT2D eigenvalue weighted by Crippen LogP contribution is 2.33. The number of fused-ring (bicyclic) bond motifs is 1. The zero-order valence-corrected chi connectivity index (χ0v) is 12.4. The topological polar surface area (TPSA) is 50.4 Å². The second kappa shape index (κ2) is 6.90. The van der Waals surface area contributed by atoms with Gasteiger partial charge in [-0.1, -0.05) is 25.7 Å². The van der Waals surface area contributed by atoms with E-state index in [1.54, 1.807) is 0 Å².